The van der Waals surface area contributed by atoms with E-state index in [1.807, 2.05) is 12.1 Å². The molecule has 11 rings (SSSR count). The largest absolute Gasteiger partial charge is 2.00 e. The molecule has 0 N–H and O–H groups in total. The minimum atomic E-state index is -2.40. The zero-order valence-corrected chi connectivity index (χ0v) is 44.1. The SMILES string of the molecule is COc1cccc(COc2ccc(-c3c4nc(c(-c5c(F)c(F)c(F)c(F)c5F)c5ccc([n-]5)c(-c5ccc(OCc6cccc(OC)c6)cc5)c5nc(c(-c6c(F)c(F)c(F)c(F)c6F)c6ccc3[n-]6)C=C5)C=C4)cc2)c1.[Zn+2]. The standard InChI is InChI=1S/C60H34F10N4O4.Zn/c1-75-35-7-3-5-29(25-35)27-77-33-13-9-31(10-14-33)45-37-17-21-41(71-37)47(49-51(61)55(65)59(69)56(66)52(49)62)43-23-19-39(73-43)46(32-11-15-34(16-12-32)78-28-30-6-4-8-36(26-30)76-2)40-20-24-44(74-40)48(42-22-18-38(45)72-42)50-53(63)57(67)60(70)58(68)54(50)64;/h3-26H,27-28H2,1-2H3;/q-2;+2. The number of rotatable bonds is 12. The second-order valence-corrected chi connectivity index (χ2v) is 17.6. The van der Waals surface area contributed by atoms with Gasteiger partial charge >= 0.3 is 19.5 Å². The zero-order chi connectivity index (χ0) is 54.5. The maximum Gasteiger partial charge on any atom is 2.00 e. The first-order chi connectivity index (χ1) is 37.7. The Morgan fingerprint density at radius 2 is 0.646 bits per heavy atom. The van der Waals surface area contributed by atoms with E-state index in [-0.39, 0.29) is 88.7 Å². The van der Waals surface area contributed by atoms with E-state index in [4.69, 9.17) is 38.9 Å². The van der Waals surface area contributed by atoms with Gasteiger partial charge in [0, 0.05) is 0 Å². The van der Waals surface area contributed by atoms with Crippen LogP contribution in [0, 0.1) is 58.2 Å². The summed E-state index contributed by atoms with van der Waals surface area (Å²) in [5.74, 6) is -20.4. The number of aromatic nitrogens is 4. The molecule has 0 radical (unpaired) electrons. The Bertz CT molecular complexity index is 3820. The molecule has 0 spiro atoms. The van der Waals surface area contributed by atoms with Crippen molar-refractivity contribution in [3.05, 3.63) is 213 Å². The van der Waals surface area contributed by atoms with Crippen LogP contribution in [0.1, 0.15) is 33.9 Å². The molecule has 6 aromatic carbocycles. The molecule has 0 unspecified atom stereocenters. The van der Waals surface area contributed by atoms with Crippen LogP contribution in [0.5, 0.6) is 23.0 Å². The van der Waals surface area contributed by atoms with Gasteiger partial charge in [-0.3, -0.25) is 0 Å². The van der Waals surface area contributed by atoms with Crippen LogP contribution in [-0.4, -0.2) is 24.2 Å². The Kier molecular flexibility index (Phi) is 14.8. The van der Waals surface area contributed by atoms with Gasteiger partial charge in [-0.15, -0.1) is 22.1 Å². The first kappa shape index (κ1) is 53.4. The minimum Gasteiger partial charge on any atom is -0.657 e. The van der Waals surface area contributed by atoms with Crippen LogP contribution in [-0.2, 0) is 32.7 Å². The van der Waals surface area contributed by atoms with Gasteiger partial charge in [0.15, 0.2) is 46.5 Å². The molecule has 5 heterocycles. The number of ether oxygens (including phenoxy) is 4. The third kappa shape index (κ3) is 9.90. The molecule has 8 nitrogen and oxygen atoms in total. The summed E-state index contributed by atoms with van der Waals surface area (Å²) in [5, 5.41) is 0. The molecule has 19 heteroatoms. The topological polar surface area (TPSA) is 90.9 Å². The summed E-state index contributed by atoms with van der Waals surface area (Å²) in [6, 6.07) is 32.3. The average molecular weight is 1130 g/mol. The monoisotopic (exact) mass is 1130 g/mol. The van der Waals surface area contributed by atoms with Crippen molar-refractivity contribution in [3.63, 3.8) is 0 Å². The predicted molar refractivity (Wildman–Crippen MR) is 273 cm³/mol. The fourth-order valence-corrected chi connectivity index (χ4v) is 9.13. The van der Waals surface area contributed by atoms with Gasteiger partial charge in [-0.25, -0.2) is 53.9 Å². The van der Waals surface area contributed by atoms with E-state index in [1.165, 1.54) is 62.8 Å². The minimum absolute atomic E-state index is 0. The van der Waals surface area contributed by atoms with E-state index >= 15 is 35.1 Å². The van der Waals surface area contributed by atoms with Gasteiger partial charge in [0.2, 0.25) is 11.6 Å². The summed E-state index contributed by atoms with van der Waals surface area (Å²) >= 11 is 0. The summed E-state index contributed by atoms with van der Waals surface area (Å²) in [6.45, 7) is 0.255. The molecule has 0 amide bonds. The predicted octanol–water partition coefficient (Wildman–Crippen LogP) is 15.1. The molecule has 0 atom stereocenters. The third-order valence-electron chi connectivity index (χ3n) is 12.9. The third-order valence-corrected chi connectivity index (χ3v) is 12.9. The van der Waals surface area contributed by atoms with Crippen molar-refractivity contribution in [3.8, 4) is 67.5 Å². The smallest absolute Gasteiger partial charge is 0.657 e. The molecular weight excluding hydrogens is 1100 g/mol. The molecule has 0 saturated heterocycles. The van der Waals surface area contributed by atoms with E-state index in [2.05, 4.69) is 0 Å². The van der Waals surface area contributed by atoms with Gasteiger partial charge in [-0.2, -0.15) is 0 Å². The normalized spacial score (nSPS) is 11.7. The van der Waals surface area contributed by atoms with E-state index in [0.29, 0.717) is 34.1 Å². The van der Waals surface area contributed by atoms with Gasteiger partial charge < -0.3 is 28.9 Å². The summed E-state index contributed by atoms with van der Waals surface area (Å²) in [5.41, 5.74) is -2.84. The second kappa shape index (κ2) is 21.8. The van der Waals surface area contributed by atoms with Gasteiger partial charge in [0.1, 0.15) is 36.2 Å². The summed E-state index contributed by atoms with van der Waals surface area (Å²) in [4.78, 5) is 18.8. The number of halogens is 10. The first-order valence-corrected chi connectivity index (χ1v) is 23.5. The van der Waals surface area contributed by atoms with Crippen LogP contribution < -0.4 is 28.9 Å². The molecule has 0 aliphatic carbocycles. The molecule has 390 valence electrons. The van der Waals surface area contributed by atoms with Crippen molar-refractivity contribution in [1.29, 1.82) is 0 Å². The molecule has 3 aromatic heterocycles. The molecular formula is C60H34F10N4O4Zn. The summed E-state index contributed by atoms with van der Waals surface area (Å²) < 4.78 is 178. The maximum absolute atomic E-state index is 16.2. The number of methoxy groups -OCH3 is 2. The number of benzene rings is 6. The fourth-order valence-electron chi connectivity index (χ4n) is 9.13. The van der Waals surface area contributed by atoms with Crippen molar-refractivity contribution < 1.29 is 82.3 Å². The average Bonchev–Trinajstić information content (AvgIpc) is 4.35. The number of fused-ring (bicyclic) bond motifs is 8. The molecule has 79 heavy (non-hydrogen) atoms. The summed E-state index contributed by atoms with van der Waals surface area (Å²) in [6.07, 6.45) is 5.26. The van der Waals surface area contributed by atoms with E-state index < -0.39 is 80.4 Å². The Morgan fingerprint density at radius 1 is 0.342 bits per heavy atom. The van der Waals surface area contributed by atoms with E-state index in [1.54, 1.807) is 84.9 Å². The molecule has 2 aliphatic rings. The van der Waals surface area contributed by atoms with Crippen molar-refractivity contribution in [2.45, 2.75) is 13.2 Å². The zero-order valence-electron chi connectivity index (χ0n) is 41.2. The molecule has 0 fully saturated rings. The van der Waals surface area contributed by atoms with Crippen molar-refractivity contribution >= 4 is 46.4 Å². The van der Waals surface area contributed by atoms with E-state index in [0.717, 1.165) is 11.1 Å². The van der Waals surface area contributed by atoms with Crippen molar-refractivity contribution in [2.75, 3.05) is 14.2 Å². The van der Waals surface area contributed by atoms with Crippen LogP contribution in [0.4, 0.5) is 43.9 Å². The Labute approximate surface area is 455 Å². The quantitative estimate of drug-likeness (QED) is 0.0517. The van der Waals surface area contributed by atoms with Crippen LogP contribution >= 0.6 is 0 Å². The van der Waals surface area contributed by atoms with Crippen LogP contribution in [0.15, 0.2) is 121 Å². The Morgan fingerprint density at radius 3 is 0.975 bits per heavy atom. The number of nitrogens with zero attached hydrogens (tertiary/aromatic N) is 4. The second-order valence-electron chi connectivity index (χ2n) is 17.6. The van der Waals surface area contributed by atoms with Gasteiger partial charge in [-0.05, 0) is 117 Å². The molecule has 0 saturated carbocycles. The van der Waals surface area contributed by atoms with E-state index in [9.17, 15) is 8.78 Å². The maximum atomic E-state index is 16.2. The van der Waals surface area contributed by atoms with Crippen LogP contribution in [0.3, 0.4) is 0 Å². The number of hydrogen-bond donors (Lipinski definition) is 0. The first-order valence-electron chi connectivity index (χ1n) is 23.5. The van der Waals surface area contributed by atoms with Crippen LogP contribution in [0.25, 0.3) is 90.9 Å². The molecule has 9 aromatic rings. The van der Waals surface area contributed by atoms with Crippen molar-refractivity contribution in [2.24, 2.45) is 0 Å². The van der Waals surface area contributed by atoms with Gasteiger partial charge in [0.05, 0.1) is 48.1 Å². The fraction of sp³-hybridized carbons (Fsp3) is 0.0667. The Balaban J connectivity index is 0.00000704. The van der Waals surface area contributed by atoms with Gasteiger partial charge in [-0.1, -0.05) is 72.8 Å². The van der Waals surface area contributed by atoms with Gasteiger partial charge in [0.25, 0.3) is 0 Å². The summed E-state index contributed by atoms with van der Waals surface area (Å²) in [7, 11) is 3.05. The van der Waals surface area contributed by atoms with Crippen LogP contribution in [0.2, 0.25) is 0 Å². The Hall–Kier alpha value is -8.96. The number of hydrogen-bond acceptors (Lipinski definition) is 6. The van der Waals surface area contributed by atoms with Crippen molar-refractivity contribution in [1.82, 2.24) is 19.9 Å². The molecule has 2 aliphatic heterocycles. The molecule has 8 bridgehead atoms.